The summed E-state index contributed by atoms with van der Waals surface area (Å²) in [6, 6.07) is 0. The van der Waals surface area contributed by atoms with E-state index in [-0.39, 0.29) is 5.56 Å². The number of carboxylic acids is 1. The molecule has 0 spiro atoms. The number of carboxylic acid groups (broad SMARTS) is 1. The lowest BCUT2D eigenvalue weighted by atomic mass is 10.2. The van der Waals surface area contributed by atoms with Gasteiger partial charge in [-0.2, -0.15) is 0 Å². The lowest BCUT2D eigenvalue weighted by Crippen LogP contribution is -2.06. The second-order valence-electron chi connectivity index (χ2n) is 3.19. The molecule has 15 heavy (non-hydrogen) atoms. The van der Waals surface area contributed by atoms with E-state index in [0.717, 1.165) is 6.42 Å². The van der Waals surface area contributed by atoms with E-state index in [0.29, 0.717) is 24.5 Å². The Labute approximate surface area is 88.1 Å². The number of nitrogens with zero attached hydrogens (tertiary/aromatic N) is 2. The smallest absolute Gasteiger partial charge is 0.339 e. The maximum atomic E-state index is 10.7. The average Bonchev–Trinajstić information content (AvgIpc) is 2.17. The third kappa shape index (κ3) is 3.28. The molecule has 5 heteroatoms. The largest absolute Gasteiger partial charge is 0.478 e. The molecule has 0 fully saturated rings. The van der Waals surface area contributed by atoms with Gasteiger partial charge in [0.15, 0.2) is 0 Å². The minimum absolute atomic E-state index is 0.158. The Morgan fingerprint density at radius 2 is 2.33 bits per heavy atom. The predicted molar refractivity (Wildman–Crippen MR) is 53.9 cm³/mol. The molecular formula is C10H14N2O3. The Morgan fingerprint density at radius 3 is 2.87 bits per heavy atom. The number of aromatic nitrogens is 2. The van der Waals surface area contributed by atoms with Crippen LogP contribution in [-0.4, -0.2) is 34.8 Å². The van der Waals surface area contributed by atoms with Crippen molar-refractivity contribution in [2.75, 3.05) is 13.7 Å². The van der Waals surface area contributed by atoms with E-state index < -0.39 is 5.97 Å². The SMILES string of the molecule is COCCCc1ncc(C(=O)O)c(C)n1. The Hall–Kier alpha value is -1.49. The summed E-state index contributed by atoms with van der Waals surface area (Å²) in [5, 5.41) is 8.77. The lowest BCUT2D eigenvalue weighted by molar-refractivity contribution is 0.0695. The molecule has 1 N–H and O–H groups in total. The first kappa shape index (κ1) is 11.6. The summed E-state index contributed by atoms with van der Waals surface area (Å²) in [7, 11) is 1.64. The zero-order valence-electron chi connectivity index (χ0n) is 8.86. The molecule has 0 unspecified atom stereocenters. The molecule has 0 aliphatic carbocycles. The average molecular weight is 210 g/mol. The number of hydrogen-bond donors (Lipinski definition) is 1. The van der Waals surface area contributed by atoms with Crippen molar-refractivity contribution in [1.82, 2.24) is 9.97 Å². The standard InChI is InChI=1S/C10H14N2O3/c1-7-8(10(13)14)6-11-9(12-7)4-3-5-15-2/h6H,3-5H2,1-2H3,(H,13,14). The fraction of sp³-hybridized carbons (Fsp3) is 0.500. The first-order valence-electron chi connectivity index (χ1n) is 4.70. The normalized spacial score (nSPS) is 10.3. The van der Waals surface area contributed by atoms with Gasteiger partial charge >= 0.3 is 5.97 Å². The molecule has 1 heterocycles. The van der Waals surface area contributed by atoms with Gasteiger partial charge in [0.2, 0.25) is 0 Å². The molecule has 0 radical (unpaired) electrons. The lowest BCUT2D eigenvalue weighted by Gasteiger charge is -2.03. The number of carbonyl (C=O) groups is 1. The third-order valence-electron chi connectivity index (χ3n) is 2.01. The number of ether oxygens (including phenoxy) is 1. The van der Waals surface area contributed by atoms with Crippen LogP contribution in [0.5, 0.6) is 0 Å². The highest BCUT2D eigenvalue weighted by atomic mass is 16.5. The molecule has 0 bridgehead atoms. The highest BCUT2D eigenvalue weighted by molar-refractivity contribution is 5.88. The highest BCUT2D eigenvalue weighted by Crippen LogP contribution is 2.05. The number of hydrogen-bond acceptors (Lipinski definition) is 4. The first-order valence-corrected chi connectivity index (χ1v) is 4.70. The minimum atomic E-state index is -0.990. The van der Waals surface area contributed by atoms with E-state index in [2.05, 4.69) is 9.97 Å². The monoisotopic (exact) mass is 210 g/mol. The van der Waals surface area contributed by atoms with Gasteiger partial charge in [-0.15, -0.1) is 0 Å². The van der Waals surface area contributed by atoms with E-state index in [9.17, 15) is 4.79 Å². The zero-order chi connectivity index (χ0) is 11.3. The van der Waals surface area contributed by atoms with Gasteiger partial charge in [-0.05, 0) is 13.3 Å². The van der Waals surface area contributed by atoms with Crippen LogP contribution in [-0.2, 0) is 11.2 Å². The third-order valence-corrected chi connectivity index (χ3v) is 2.01. The molecule has 0 saturated heterocycles. The van der Waals surface area contributed by atoms with Crippen LogP contribution in [0.1, 0.15) is 28.3 Å². The number of aromatic carboxylic acids is 1. The van der Waals surface area contributed by atoms with E-state index in [1.54, 1.807) is 14.0 Å². The summed E-state index contributed by atoms with van der Waals surface area (Å²) >= 11 is 0. The number of rotatable bonds is 5. The van der Waals surface area contributed by atoms with Crippen LogP contribution in [0.4, 0.5) is 0 Å². The predicted octanol–water partition coefficient (Wildman–Crippen LogP) is 1.06. The highest BCUT2D eigenvalue weighted by Gasteiger charge is 2.09. The zero-order valence-corrected chi connectivity index (χ0v) is 8.86. The van der Waals surface area contributed by atoms with Crippen LogP contribution >= 0.6 is 0 Å². The van der Waals surface area contributed by atoms with E-state index in [1.165, 1.54) is 6.20 Å². The summed E-state index contributed by atoms with van der Waals surface area (Å²) < 4.78 is 4.91. The maximum absolute atomic E-state index is 10.7. The molecule has 0 aliphatic heterocycles. The maximum Gasteiger partial charge on any atom is 0.339 e. The van der Waals surface area contributed by atoms with Gasteiger partial charge in [0.25, 0.3) is 0 Å². The van der Waals surface area contributed by atoms with Crippen LogP contribution in [0.25, 0.3) is 0 Å². The van der Waals surface area contributed by atoms with Gasteiger partial charge in [0.05, 0.1) is 11.3 Å². The second-order valence-corrected chi connectivity index (χ2v) is 3.19. The molecule has 1 rings (SSSR count). The van der Waals surface area contributed by atoms with Gasteiger partial charge in [0.1, 0.15) is 5.82 Å². The molecular weight excluding hydrogens is 196 g/mol. The molecule has 5 nitrogen and oxygen atoms in total. The van der Waals surface area contributed by atoms with Gasteiger partial charge < -0.3 is 9.84 Å². The molecule has 1 aromatic rings. The molecule has 0 atom stereocenters. The van der Waals surface area contributed by atoms with Crippen molar-refractivity contribution in [1.29, 1.82) is 0 Å². The van der Waals surface area contributed by atoms with Crippen LogP contribution in [0.3, 0.4) is 0 Å². The summed E-state index contributed by atoms with van der Waals surface area (Å²) in [4.78, 5) is 18.8. The summed E-state index contributed by atoms with van der Waals surface area (Å²) in [6.45, 7) is 2.33. The fourth-order valence-corrected chi connectivity index (χ4v) is 1.22. The molecule has 0 aromatic carbocycles. The van der Waals surface area contributed by atoms with Crippen molar-refractivity contribution in [2.45, 2.75) is 19.8 Å². The summed E-state index contributed by atoms with van der Waals surface area (Å²) in [6.07, 6.45) is 2.89. The van der Waals surface area contributed by atoms with Gasteiger partial charge in [-0.25, -0.2) is 14.8 Å². The molecule has 0 saturated carbocycles. The fourth-order valence-electron chi connectivity index (χ4n) is 1.22. The number of methoxy groups -OCH3 is 1. The van der Waals surface area contributed by atoms with Crippen molar-refractivity contribution in [3.63, 3.8) is 0 Å². The summed E-state index contributed by atoms with van der Waals surface area (Å²) in [5.74, 6) is -0.328. The summed E-state index contributed by atoms with van der Waals surface area (Å²) in [5.41, 5.74) is 0.662. The van der Waals surface area contributed by atoms with Crippen molar-refractivity contribution in [3.8, 4) is 0 Å². The van der Waals surface area contributed by atoms with Crippen LogP contribution in [0, 0.1) is 6.92 Å². The Morgan fingerprint density at radius 1 is 1.60 bits per heavy atom. The van der Waals surface area contributed by atoms with E-state index in [1.807, 2.05) is 0 Å². The van der Waals surface area contributed by atoms with Crippen molar-refractivity contribution in [2.24, 2.45) is 0 Å². The van der Waals surface area contributed by atoms with Gasteiger partial charge in [-0.3, -0.25) is 0 Å². The van der Waals surface area contributed by atoms with Crippen LogP contribution in [0.2, 0.25) is 0 Å². The molecule has 82 valence electrons. The Bertz CT molecular complexity index is 353. The number of aryl methyl sites for hydroxylation is 2. The minimum Gasteiger partial charge on any atom is -0.478 e. The van der Waals surface area contributed by atoms with Crippen LogP contribution in [0.15, 0.2) is 6.20 Å². The van der Waals surface area contributed by atoms with Gasteiger partial charge in [-0.1, -0.05) is 0 Å². The quantitative estimate of drug-likeness (QED) is 0.736. The van der Waals surface area contributed by atoms with E-state index in [4.69, 9.17) is 9.84 Å². The topological polar surface area (TPSA) is 72.3 Å². The Kier molecular flexibility index (Phi) is 4.17. The van der Waals surface area contributed by atoms with Crippen molar-refractivity contribution < 1.29 is 14.6 Å². The van der Waals surface area contributed by atoms with Crippen molar-refractivity contribution in [3.05, 3.63) is 23.3 Å². The molecule has 1 aromatic heterocycles. The Balaban J connectivity index is 2.69. The van der Waals surface area contributed by atoms with Gasteiger partial charge in [0, 0.05) is 26.3 Å². The molecule has 0 aliphatic rings. The molecule has 0 amide bonds. The van der Waals surface area contributed by atoms with Crippen molar-refractivity contribution >= 4 is 5.97 Å². The first-order chi connectivity index (χ1) is 7.15. The second kappa shape index (κ2) is 5.41. The van der Waals surface area contributed by atoms with E-state index >= 15 is 0 Å². The van der Waals surface area contributed by atoms with Crippen LogP contribution < -0.4 is 0 Å².